The maximum Gasteiger partial charge on any atom is 0.409 e. The molecule has 1 aromatic carbocycles. The number of fused-ring (bicyclic) bond motifs is 2. The van der Waals surface area contributed by atoms with Crippen molar-refractivity contribution in [1.82, 2.24) is 33.9 Å². The minimum atomic E-state index is -1.10. The smallest absolute Gasteiger partial charge is 0.409 e. The van der Waals surface area contributed by atoms with Gasteiger partial charge in [-0.3, -0.25) is 5.32 Å². The highest BCUT2D eigenvalue weighted by Crippen LogP contribution is 2.31. The van der Waals surface area contributed by atoms with Crippen molar-refractivity contribution in [3.8, 4) is 11.1 Å². The average molecular weight is 587 g/mol. The normalized spacial score (nSPS) is 16.3. The zero-order chi connectivity index (χ0) is 30.2. The van der Waals surface area contributed by atoms with Gasteiger partial charge in [-0.1, -0.05) is 13.8 Å². The van der Waals surface area contributed by atoms with Crippen LogP contribution in [0.5, 0.6) is 0 Å². The molecule has 2 atom stereocenters. The van der Waals surface area contributed by atoms with Crippen molar-refractivity contribution in [3.63, 3.8) is 0 Å². The van der Waals surface area contributed by atoms with Gasteiger partial charge in [0.1, 0.15) is 6.23 Å². The highest BCUT2D eigenvalue weighted by atomic mass is 16.5. The molecule has 5 aromatic rings. The van der Waals surface area contributed by atoms with Crippen molar-refractivity contribution >= 4 is 40.4 Å². The van der Waals surface area contributed by atoms with Crippen molar-refractivity contribution in [2.45, 2.75) is 58.7 Å². The molecule has 0 bridgehead atoms. The summed E-state index contributed by atoms with van der Waals surface area (Å²) in [4.78, 5) is 23.0. The van der Waals surface area contributed by atoms with E-state index in [-0.39, 0.29) is 18.2 Å². The maximum absolute atomic E-state index is 11.1. The molecular weight excluding hydrogens is 548 g/mol. The zero-order valence-electron chi connectivity index (χ0n) is 25.2. The number of carboxylic acid groups (broad SMARTS) is 1. The number of anilines is 3. The van der Waals surface area contributed by atoms with E-state index in [1.165, 1.54) is 0 Å². The standard InChI is InChI=1S/C30H38N10O3/c1-6-43-19(4)39-16-20(15-31-39)23-10-12-26-35-28(36-40(26)27(23)18(2)3)32-22-8-7-13-38(17-22)29-34-24-14-21(33-30(41)42)9-11-25(24)37(29)5/h9-12,14-16,18-19,22,33H,6-8,13,17H2,1-5H3,(H,32,36)(H,41,42)/t19?,22-/m1/s1. The van der Waals surface area contributed by atoms with Crippen LogP contribution in [0.1, 0.15) is 58.4 Å². The predicted molar refractivity (Wildman–Crippen MR) is 166 cm³/mol. The SMILES string of the molecule is CCOC(C)n1cc(-c2ccc3nc(N[C@@H]4CCCN(c5nc6cc(NC(=O)O)ccc6n5C)C4)nn3c2C(C)C)cn1. The summed E-state index contributed by atoms with van der Waals surface area (Å²) in [6.07, 6.45) is 4.64. The largest absolute Gasteiger partial charge is 0.465 e. The molecule has 0 radical (unpaired) electrons. The molecule has 43 heavy (non-hydrogen) atoms. The fraction of sp³-hybridized carbons (Fsp3) is 0.433. The lowest BCUT2D eigenvalue weighted by atomic mass is 10.00. The molecular formula is C30H38N10O3. The summed E-state index contributed by atoms with van der Waals surface area (Å²) in [5.41, 5.74) is 6.13. The average Bonchev–Trinajstić information content (AvgIpc) is 3.69. The number of nitrogens with one attached hydrogen (secondary N) is 2. The first-order valence-electron chi connectivity index (χ1n) is 14.8. The Morgan fingerprint density at radius 2 is 2.02 bits per heavy atom. The van der Waals surface area contributed by atoms with E-state index in [0.717, 1.165) is 65.4 Å². The fourth-order valence-electron chi connectivity index (χ4n) is 5.95. The lowest BCUT2D eigenvalue weighted by molar-refractivity contribution is 0.0160. The molecule has 1 aliphatic rings. The van der Waals surface area contributed by atoms with Crippen LogP contribution in [0.25, 0.3) is 27.8 Å². The topological polar surface area (TPSA) is 140 Å². The molecule has 1 aliphatic heterocycles. The quantitative estimate of drug-likeness (QED) is 0.209. The van der Waals surface area contributed by atoms with E-state index in [4.69, 9.17) is 24.9 Å². The molecule has 1 saturated heterocycles. The number of aryl methyl sites for hydroxylation is 1. The summed E-state index contributed by atoms with van der Waals surface area (Å²) in [5.74, 6) is 1.65. The summed E-state index contributed by atoms with van der Waals surface area (Å²) in [7, 11) is 1.99. The minimum Gasteiger partial charge on any atom is -0.465 e. The van der Waals surface area contributed by atoms with E-state index in [9.17, 15) is 4.79 Å². The third-order valence-electron chi connectivity index (χ3n) is 7.92. The van der Waals surface area contributed by atoms with Gasteiger partial charge in [0, 0.05) is 55.8 Å². The number of piperidine rings is 1. The van der Waals surface area contributed by atoms with Crippen LogP contribution in [-0.4, -0.2) is 70.9 Å². The summed E-state index contributed by atoms with van der Waals surface area (Å²) in [6, 6.07) is 9.64. The number of pyridine rings is 1. The van der Waals surface area contributed by atoms with Crippen molar-refractivity contribution in [1.29, 1.82) is 0 Å². The lowest BCUT2D eigenvalue weighted by Gasteiger charge is -2.33. The van der Waals surface area contributed by atoms with E-state index in [2.05, 4.69) is 45.1 Å². The highest BCUT2D eigenvalue weighted by molar-refractivity contribution is 5.88. The minimum absolute atomic E-state index is 0.135. The number of imidazole rings is 1. The number of nitrogens with zero attached hydrogens (tertiary/aromatic N) is 8. The van der Waals surface area contributed by atoms with Crippen molar-refractivity contribution in [2.24, 2.45) is 7.05 Å². The predicted octanol–water partition coefficient (Wildman–Crippen LogP) is 5.33. The zero-order valence-corrected chi connectivity index (χ0v) is 25.2. The van der Waals surface area contributed by atoms with E-state index in [1.807, 2.05) is 54.6 Å². The summed E-state index contributed by atoms with van der Waals surface area (Å²) in [5, 5.41) is 24.5. The Morgan fingerprint density at radius 1 is 1.19 bits per heavy atom. The highest BCUT2D eigenvalue weighted by Gasteiger charge is 2.25. The summed E-state index contributed by atoms with van der Waals surface area (Å²) in [6.45, 7) is 10.5. The number of rotatable bonds is 9. The fourth-order valence-corrected chi connectivity index (χ4v) is 5.95. The number of aromatic nitrogens is 7. The van der Waals surface area contributed by atoms with E-state index < -0.39 is 6.09 Å². The van der Waals surface area contributed by atoms with Crippen molar-refractivity contribution in [3.05, 3.63) is 48.4 Å². The Labute approximate surface area is 249 Å². The van der Waals surface area contributed by atoms with E-state index >= 15 is 0 Å². The van der Waals surface area contributed by atoms with Gasteiger partial charge in [0.05, 0.1) is 22.9 Å². The Kier molecular flexibility index (Phi) is 7.65. The van der Waals surface area contributed by atoms with Gasteiger partial charge in [0.15, 0.2) is 5.65 Å². The molecule has 4 aromatic heterocycles. The van der Waals surface area contributed by atoms with Gasteiger partial charge in [0.2, 0.25) is 11.9 Å². The second-order valence-corrected chi connectivity index (χ2v) is 11.3. The molecule has 226 valence electrons. The van der Waals surface area contributed by atoms with Gasteiger partial charge < -0.3 is 24.6 Å². The number of amides is 1. The number of hydrogen-bond donors (Lipinski definition) is 3. The number of hydrogen-bond acceptors (Lipinski definition) is 8. The Morgan fingerprint density at radius 3 is 2.79 bits per heavy atom. The number of benzene rings is 1. The molecule has 6 rings (SSSR count). The van der Waals surface area contributed by atoms with E-state index in [0.29, 0.717) is 18.2 Å². The Hall–Kier alpha value is -4.65. The monoisotopic (exact) mass is 586 g/mol. The first-order chi connectivity index (χ1) is 20.7. The van der Waals surface area contributed by atoms with Crippen LogP contribution in [0.15, 0.2) is 42.7 Å². The van der Waals surface area contributed by atoms with Gasteiger partial charge >= 0.3 is 6.09 Å². The van der Waals surface area contributed by atoms with Crippen LogP contribution in [0.2, 0.25) is 0 Å². The van der Waals surface area contributed by atoms with Crippen LogP contribution in [0.4, 0.5) is 22.4 Å². The van der Waals surface area contributed by atoms with Gasteiger partial charge in [0.25, 0.3) is 0 Å². The van der Waals surface area contributed by atoms with Crippen molar-refractivity contribution < 1.29 is 14.6 Å². The molecule has 0 saturated carbocycles. The van der Waals surface area contributed by atoms with Crippen LogP contribution in [-0.2, 0) is 11.8 Å². The van der Waals surface area contributed by atoms with Crippen LogP contribution in [0, 0.1) is 0 Å². The summed E-state index contributed by atoms with van der Waals surface area (Å²) < 4.78 is 11.5. The Bertz CT molecular complexity index is 1770. The first kappa shape index (κ1) is 28.5. The molecule has 3 N–H and O–H groups in total. The van der Waals surface area contributed by atoms with Crippen LogP contribution in [0.3, 0.4) is 0 Å². The molecule has 13 nitrogen and oxygen atoms in total. The number of carbonyl (C=O) groups is 1. The molecule has 0 spiro atoms. The molecule has 1 fully saturated rings. The molecule has 13 heteroatoms. The molecule has 1 unspecified atom stereocenters. The maximum atomic E-state index is 11.1. The van der Waals surface area contributed by atoms with Crippen LogP contribution < -0.4 is 15.5 Å². The first-order valence-corrected chi connectivity index (χ1v) is 14.8. The molecule has 5 heterocycles. The molecule has 1 amide bonds. The third-order valence-corrected chi connectivity index (χ3v) is 7.92. The lowest BCUT2D eigenvalue weighted by Crippen LogP contribution is -2.43. The van der Waals surface area contributed by atoms with E-state index in [1.54, 1.807) is 12.1 Å². The van der Waals surface area contributed by atoms with Gasteiger partial charge in [-0.25, -0.2) is 19.0 Å². The Balaban J connectivity index is 1.23. The third kappa shape index (κ3) is 5.59. The number of ether oxygens (including phenoxy) is 1. The van der Waals surface area contributed by atoms with Crippen molar-refractivity contribution in [2.75, 3.05) is 35.2 Å². The molecule has 0 aliphatic carbocycles. The summed E-state index contributed by atoms with van der Waals surface area (Å²) >= 11 is 0. The van der Waals surface area contributed by atoms with Gasteiger partial charge in [-0.05, 0) is 62.9 Å². The van der Waals surface area contributed by atoms with Gasteiger partial charge in [-0.15, -0.1) is 5.10 Å². The second kappa shape index (κ2) is 11.6. The second-order valence-electron chi connectivity index (χ2n) is 11.3. The van der Waals surface area contributed by atoms with Crippen LogP contribution >= 0.6 is 0 Å². The van der Waals surface area contributed by atoms with Gasteiger partial charge in [-0.2, -0.15) is 10.1 Å².